The molecule has 4 bridgehead atoms. The molecule has 0 aromatic heterocycles. The number of methoxy groups -OCH3 is 1. The molecule has 1 heterocycles. The summed E-state index contributed by atoms with van der Waals surface area (Å²) < 4.78 is 15.4. The normalized spacial score (nSPS) is 34.0. The second-order valence-electron chi connectivity index (χ2n) is 18.2. The Morgan fingerprint density at radius 3 is 1.44 bits per heavy atom. The zero-order valence-electron chi connectivity index (χ0n) is 31.8. The van der Waals surface area contributed by atoms with Gasteiger partial charge in [0, 0.05) is 44.3 Å². The molecule has 11 unspecified atom stereocenters. The molecule has 0 spiro atoms. The van der Waals surface area contributed by atoms with Gasteiger partial charge >= 0.3 is 17.9 Å². The van der Waals surface area contributed by atoms with Gasteiger partial charge in [-0.25, -0.2) is 0 Å². The molecule has 5 rings (SSSR count). The molecule has 52 heavy (non-hydrogen) atoms. The maximum Gasteiger partial charge on any atom is 0.317 e. The van der Waals surface area contributed by atoms with Crippen LogP contribution in [-0.2, 0) is 28.6 Å². The van der Waals surface area contributed by atoms with Crippen molar-refractivity contribution >= 4 is 55.1 Å². The molecule has 11 atom stereocenters. The second kappa shape index (κ2) is 22.1. The molecule has 0 amide bonds. The van der Waals surface area contributed by atoms with E-state index >= 15 is 0 Å². The van der Waals surface area contributed by atoms with Gasteiger partial charge in [-0.3, -0.25) is 14.4 Å². The Bertz CT molecular complexity index is 1080. The summed E-state index contributed by atoms with van der Waals surface area (Å²) in [6.45, 7) is 32.4. The number of hydrogen-bond donors (Lipinski definition) is 0. The molecule has 0 radical (unpaired) electrons. The van der Waals surface area contributed by atoms with Gasteiger partial charge in [-0.05, 0) is 132 Å². The van der Waals surface area contributed by atoms with Gasteiger partial charge in [0.1, 0.15) is 5.60 Å². The summed E-state index contributed by atoms with van der Waals surface area (Å²) in [5.41, 5.74) is 0.174. The molecule has 6 nitrogen and oxygen atoms in total. The fourth-order valence-corrected chi connectivity index (χ4v) is 9.76. The molecule has 8 heteroatoms. The summed E-state index contributed by atoms with van der Waals surface area (Å²) in [4.78, 5) is 32.6. The monoisotopic (exact) mass is 968 g/mol. The Morgan fingerprint density at radius 1 is 0.750 bits per heavy atom. The largest absolute Gasteiger partial charge is 0.460 e. The van der Waals surface area contributed by atoms with Gasteiger partial charge < -0.3 is 14.2 Å². The Kier molecular flexibility index (Phi) is 26.0. The number of esters is 3. The highest BCUT2D eigenvalue weighted by Gasteiger charge is 2.74. The summed E-state index contributed by atoms with van der Waals surface area (Å²) in [7, 11) is 1.90. The molecule has 0 aromatic carbocycles. The van der Waals surface area contributed by atoms with E-state index < -0.39 is 11.9 Å². The number of fused-ring (bicyclic) bond motifs is 9. The number of ether oxygens (including phenoxy) is 3. The van der Waals surface area contributed by atoms with Crippen LogP contribution in [0.3, 0.4) is 0 Å². The van der Waals surface area contributed by atoms with E-state index in [1.807, 2.05) is 48.7 Å². The molecule has 0 N–H and O–H groups in total. The third-order valence-corrected chi connectivity index (χ3v) is 13.7. The lowest BCUT2D eigenvalue weighted by Crippen LogP contribution is -2.53. The highest BCUT2D eigenvalue weighted by Crippen LogP contribution is 2.79. The highest BCUT2D eigenvalue weighted by molar-refractivity contribution is 15.0. The van der Waals surface area contributed by atoms with E-state index in [0.29, 0.717) is 10.8 Å². The van der Waals surface area contributed by atoms with E-state index in [9.17, 15) is 14.4 Å². The molecule has 5 aliphatic rings. The zero-order chi connectivity index (χ0) is 36.0. The summed E-state index contributed by atoms with van der Waals surface area (Å²) in [5, 5.41) is 0. The van der Waals surface area contributed by atoms with E-state index in [0.717, 1.165) is 53.8 Å². The number of halogens is 2. The van der Waals surface area contributed by atoms with Gasteiger partial charge in [0.05, 0.1) is 22.9 Å². The second-order valence-corrected chi connectivity index (χ2v) is 18.2. The van der Waals surface area contributed by atoms with E-state index in [1.54, 1.807) is 20.3 Å². The van der Waals surface area contributed by atoms with Gasteiger partial charge in [0.2, 0.25) is 0 Å². The fraction of sp³-hybridized carbons (Fsp3) is 0.932. The van der Waals surface area contributed by atoms with Crippen LogP contribution in [-0.4, -0.2) is 36.2 Å². The molecule has 0 aromatic rings. The van der Waals surface area contributed by atoms with Crippen molar-refractivity contribution in [3.05, 3.63) is 0 Å². The molecule has 5 fully saturated rings. The first kappa shape index (κ1) is 61.3. The van der Waals surface area contributed by atoms with Gasteiger partial charge in [0.25, 0.3) is 0 Å². The van der Waals surface area contributed by atoms with Crippen LogP contribution >= 0.6 is 37.2 Å². The van der Waals surface area contributed by atoms with Gasteiger partial charge in [-0.2, -0.15) is 0 Å². The number of rotatable bonds is 5. The van der Waals surface area contributed by atoms with E-state index in [2.05, 4.69) is 90.4 Å². The molecular formula is C44H90I2O6. The molecule has 4 aliphatic carbocycles. The van der Waals surface area contributed by atoms with Crippen molar-refractivity contribution in [3.8, 4) is 0 Å². The molecular weight excluding hydrogens is 878 g/mol. The third-order valence-electron chi connectivity index (χ3n) is 13.7. The standard InChI is InChI=1S/C22H38O.C10H20O2.C6H8O3.6CH4.I2/c1-12-13(2)15-9-14(12)18-16-10-17(19(15)18)22(7,21(16,5)6)11-20(3,4)23-8;1-7-10(5,6)8(11)12-9(2,3)4;1-3-4(2)6(8)9-5(3)7;;;;;;;1-2/h12-19H,9-11H2,1-8H3;7H2,1-6H3;3-4H,1-2H3;6*1H4;. The minimum atomic E-state index is -0.396. The lowest BCUT2D eigenvalue weighted by atomic mass is 9.48. The predicted octanol–water partition coefficient (Wildman–Crippen LogP) is 14.3. The van der Waals surface area contributed by atoms with Crippen LogP contribution in [0, 0.1) is 75.4 Å². The summed E-state index contributed by atoms with van der Waals surface area (Å²) in [6.07, 6.45) is 5.08. The van der Waals surface area contributed by atoms with Crippen molar-refractivity contribution in [1.82, 2.24) is 0 Å². The van der Waals surface area contributed by atoms with Crippen molar-refractivity contribution in [1.29, 1.82) is 0 Å². The van der Waals surface area contributed by atoms with Crippen LogP contribution in [0.25, 0.3) is 0 Å². The predicted molar refractivity (Wildman–Crippen MR) is 244 cm³/mol. The molecule has 316 valence electrons. The van der Waals surface area contributed by atoms with Crippen molar-refractivity contribution in [2.24, 2.45) is 75.4 Å². The molecule has 1 aliphatic heterocycles. The average Bonchev–Trinajstić information content (AvgIpc) is 3.70. The first-order valence-electron chi connectivity index (χ1n) is 17.5. The topological polar surface area (TPSA) is 78.9 Å². The minimum absolute atomic E-state index is 0. The number of carbonyl (C=O) groups is 3. The van der Waals surface area contributed by atoms with Crippen LogP contribution in [0.5, 0.6) is 0 Å². The van der Waals surface area contributed by atoms with Crippen molar-refractivity contribution in [2.75, 3.05) is 7.11 Å². The first-order valence-corrected chi connectivity index (χ1v) is 23.8. The first-order chi connectivity index (χ1) is 20.9. The van der Waals surface area contributed by atoms with Gasteiger partial charge in [-0.15, -0.1) is 0 Å². The van der Waals surface area contributed by atoms with Crippen LogP contribution in [0.15, 0.2) is 0 Å². The van der Waals surface area contributed by atoms with Crippen molar-refractivity contribution < 1.29 is 28.6 Å². The lowest BCUT2D eigenvalue weighted by molar-refractivity contribution is -0.165. The van der Waals surface area contributed by atoms with Crippen molar-refractivity contribution in [2.45, 2.75) is 185 Å². The quantitative estimate of drug-likeness (QED) is 0.118. The summed E-state index contributed by atoms with van der Waals surface area (Å²) in [5.74, 6) is 6.55. The van der Waals surface area contributed by atoms with E-state index in [1.165, 1.54) is 12.8 Å². The van der Waals surface area contributed by atoms with Crippen LogP contribution < -0.4 is 0 Å². The maximum atomic E-state index is 11.5. The number of carbonyl (C=O) groups excluding carboxylic acids is 3. The minimum Gasteiger partial charge on any atom is -0.460 e. The summed E-state index contributed by atoms with van der Waals surface area (Å²) >= 11 is 4.24. The van der Waals surface area contributed by atoms with Crippen LogP contribution in [0.4, 0.5) is 0 Å². The molecule has 1 saturated heterocycles. The Morgan fingerprint density at radius 2 is 1.13 bits per heavy atom. The SMILES string of the molecule is C.C.C.C.C.C.CC1C(=O)OC(=O)C1C.CCC(C)(C)C(=O)OC(C)(C)C.COC(C)(C)CC1(C)C2CC(C3C4CC(C(C)C4C)C32)C1(C)C.II. The number of hydrogen-bond acceptors (Lipinski definition) is 6. The smallest absolute Gasteiger partial charge is 0.317 e. The van der Waals surface area contributed by atoms with Gasteiger partial charge in [-0.1, -0.05) is 99.9 Å². The van der Waals surface area contributed by atoms with Crippen LogP contribution in [0.1, 0.15) is 174 Å². The third kappa shape index (κ3) is 12.0. The van der Waals surface area contributed by atoms with Crippen LogP contribution in [0.2, 0.25) is 0 Å². The zero-order valence-corrected chi connectivity index (χ0v) is 36.1. The summed E-state index contributed by atoms with van der Waals surface area (Å²) in [6, 6.07) is 0. The van der Waals surface area contributed by atoms with E-state index in [-0.39, 0.29) is 79.0 Å². The van der Waals surface area contributed by atoms with Gasteiger partial charge in [0.15, 0.2) is 0 Å². The highest BCUT2D eigenvalue weighted by atomic mass is 128. The Balaban J connectivity index is -0.000000219. The lowest BCUT2D eigenvalue weighted by Gasteiger charge is -2.57. The fourth-order valence-electron chi connectivity index (χ4n) is 9.76. The van der Waals surface area contributed by atoms with E-state index in [4.69, 9.17) is 9.47 Å². The Hall–Kier alpha value is 0.0300. The number of cyclic esters (lactones) is 2. The average molecular weight is 969 g/mol. The Labute approximate surface area is 349 Å². The van der Waals surface area contributed by atoms with Crippen molar-refractivity contribution in [3.63, 3.8) is 0 Å². The molecule has 4 saturated carbocycles. The maximum absolute atomic E-state index is 11.5.